The molecule has 0 aliphatic rings. The summed E-state index contributed by atoms with van der Waals surface area (Å²) in [6.07, 6.45) is 1.01. The van der Waals surface area contributed by atoms with Gasteiger partial charge in [-0.25, -0.2) is 0 Å². The molecule has 20 heavy (non-hydrogen) atoms. The van der Waals surface area contributed by atoms with Crippen molar-refractivity contribution in [1.82, 2.24) is 4.98 Å². The molecule has 0 fully saturated rings. The van der Waals surface area contributed by atoms with Crippen LogP contribution in [0.15, 0.2) is 41.2 Å². The minimum absolute atomic E-state index is 0.00745. The zero-order valence-corrected chi connectivity index (χ0v) is 12.0. The Bertz CT molecular complexity index is 761. The lowest BCUT2D eigenvalue weighted by molar-refractivity contribution is 0.312. The van der Waals surface area contributed by atoms with E-state index in [0.717, 1.165) is 28.6 Å². The highest BCUT2D eigenvalue weighted by Crippen LogP contribution is 2.19. The summed E-state index contributed by atoms with van der Waals surface area (Å²) in [7, 11) is -3.44. The number of H-pyrrole nitrogens is 1. The summed E-state index contributed by atoms with van der Waals surface area (Å²) >= 11 is 0. The second-order valence-corrected chi connectivity index (χ2v) is 6.22. The Kier molecular flexibility index (Phi) is 4.06. The third-order valence-electron chi connectivity index (χ3n) is 2.71. The average molecular weight is 293 g/mol. The molecule has 1 heterocycles. The number of hydrogen-bond donors (Lipinski definition) is 1. The molecule has 2 rings (SSSR count). The molecule has 0 amide bonds. The monoisotopic (exact) mass is 293 g/mol. The maximum atomic E-state index is 11.4. The predicted molar refractivity (Wildman–Crippen MR) is 76.9 cm³/mol. The lowest BCUT2D eigenvalue weighted by Crippen LogP contribution is -2.05. The minimum Gasteiger partial charge on any atom is -0.326 e. The quantitative estimate of drug-likeness (QED) is 0.872. The zero-order valence-electron chi connectivity index (χ0n) is 11.2. The molecule has 1 N–H and O–H groups in total. The Morgan fingerprint density at radius 1 is 1.10 bits per heavy atom. The molecule has 0 spiro atoms. The topological polar surface area (TPSA) is 76.2 Å². The van der Waals surface area contributed by atoms with E-state index in [1.54, 1.807) is 12.1 Å². The summed E-state index contributed by atoms with van der Waals surface area (Å²) in [6.45, 7) is 1.83. The van der Waals surface area contributed by atoms with Crippen molar-refractivity contribution in [1.29, 1.82) is 0 Å². The summed E-state index contributed by atoms with van der Waals surface area (Å²) in [5, 5.41) is 0. The van der Waals surface area contributed by atoms with E-state index in [2.05, 4.69) is 4.98 Å². The lowest BCUT2D eigenvalue weighted by atomic mass is 10.0. The van der Waals surface area contributed by atoms with Crippen molar-refractivity contribution in [3.8, 4) is 11.1 Å². The van der Waals surface area contributed by atoms with Gasteiger partial charge in [-0.1, -0.05) is 24.3 Å². The molecule has 0 atom stereocenters. The second-order valence-electron chi connectivity index (χ2n) is 4.58. The van der Waals surface area contributed by atoms with E-state index in [9.17, 15) is 13.2 Å². The largest absolute Gasteiger partial charge is 0.326 e. The van der Waals surface area contributed by atoms with Gasteiger partial charge in [-0.05, 0) is 29.7 Å². The van der Waals surface area contributed by atoms with Crippen molar-refractivity contribution in [3.05, 3.63) is 58.0 Å². The van der Waals surface area contributed by atoms with Crippen molar-refractivity contribution in [2.24, 2.45) is 0 Å². The van der Waals surface area contributed by atoms with Crippen LogP contribution in [0.1, 0.15) is 11.3 Å². The fourth-order valence-corrected chi connectivity index (χ4v) is 2.17. The van der Waals surface area contributed by atoms with Gasteiger partial charge >= 0.3 is 0 Å². The minimum atomic E-state index is -3.44. The maximum Gasteiger partial charge on any atom is 0.264 e. The molecule has 0 unspecified atom stereocenters. The van der Waals surface area contributed by atoms with Gasteiger partial charge in [0, 0.05) is 11.8 Å². The van der Waals surface area contributed by atoms with Gasteiger partial charge in [0.1, 0.15) is 0 Å². The molecule has 0 saturated carbocycles. The number of hydrogen-bond acceptors (Lipinski definition) is 4. The Hall–Kier alpha value is -1.92. The molecule has 6 heteroatoms. The van der Waals surface area contributed by atoms with Gasteiger partial charge in [0.15, 0.2) is 0 Å². The van der Waals surface area contributed by atoms with E-state index < -0.39 is 10.1 Å². The van der Waals surface area contributed by atoms with Crippen molar-refractivity contribution < 1.29 is 12.6 Å². The van der Waals surface area contributed by atoms with Crippen LogP contribution in [0.3, 0.4) is 0 Å². The summed E-state index contributed by atoms with van der Waals surface area (Å²) in [4.78, 5) is 14.1. The van der Waals surface area contributed by atoms with Crippen LogP contribution in [0.25, 0.3) is 11.1 Å². The Labute approximate surface area is 117 Å². The van der Waals surface area contributed by atoms with Gasteiger partial charge in [0.05, 0.1) is 12.9 Å². The number of pyridine rings is 1. The molecule has 0 aliphatic heterocycles. The normalized spacial score (nSPS) is 11.5. The van der Waals surface area contributed by atoms with Gasteiger partial charge in [-0.3, -0.25) is 8.98 Å². The summed E-state index contributed by atoms with van der Waals surface area (Å²) in [6, 6.07) is 10.6. The molecular weight excluding hydrogens is 278 g/mol. The van der Waals surface area contributed by atoms with Crippen molar-refractivity contribution in [3.63, 3.8) is 0 Å². The van der Waals surface area contributed by atoms with Crippen molar-refractivity contribution >= 4 is 10.1 Å². The number of aromatic nitrogens is 1. The Morgan fingerprint density at radius 2 is 1.75 bits per heavy atom. The summed E-state index contributed by atoms with van der Waals surface area (Å²) in [5.74, 6) is 0. The molecule has 5 nitrogen and oxygen atoms in total. The molecule has 1 aromatic carbocycles. The number of aryl methyl sites for hydroxylation is 1. The molecule has 1 aromatic heterocycles. The predicted octanol–water partition coefficient (Wildman–Crippen LogP) is 1.83. The molecule has 0 radical (unpaired) electrons. The highest BCUT2D eigenvalue weighted by molar-refractivity contribution is 7.85. The first kappa shape index (κ1) is 14.5. The maximum absolute atomic E-state index is 11.4. The van der Waals surface area contributed by atoms with E-state index in [1.807, 2.05) is 25.1 Å². The molecule has 0 bridgehead atoms. The van der Waals surface area contributed by atoms with E-state index in [1.165, 1.54) is 6.07 Å². The van der Waals surface area contributed by atoms with Crippen LogP contribution in [0, 0.1) is 6.92 Å². The van der Waals surface area contributed by atoms with Crippen molar-refractivity contribution in [2.75, 3.05) is 6.26 Å². The number of benzene rings is 1. The van der Waals surface area contributed by atoms with Crippen molar-refractivity contribution in [2.45, 2.75) is 13.5 Å². The zero-order chi connectivity index (χ0) is 14.8. The first-order chi connectivity index (χ1) is 9.33. The van der Waals surface area contributed by atoms with E-state index in [4.69, 9.17) is 4.18 Å². The molecule has 0 aliphatic carbocycles. The van der Waals surface area contributed by atoms with E-state index in [0.29, 0.717) is 0 Å². The number of aromatic amines is 1. The molecule has 0 saturated heterocycles. The fourth-order valence-electron chi connectivity index (χ4n) is 1.82. The van der Waals surface area contributed by atoms with Crippen LogP contribution < -0.4 is 5.56 Å². The fraction of sp³-hybridized carbons (Fsp3) is 0.214. The third-order valence-corrected chi connectivity index (χ3v) is 3.25. The van der Waals surface area contributed by atoms with Crippen LogP contribution in [0.4, 0.5) is 0 Å². The van der Waals surface area contributed by atoms with Gasteiger partial charge in [0.25, 0.3) is 10.1 Å². The van der Waals surface area contributed by atoms with Crippen LogP contribution >= 0.6 is 0 Å². The first-order valence-electron chi connectivity index (χ1n) is 5.98. The van der Waals surface area contributed by atoms with Gasteiger partial charge in [0.2, 0.25) is 5.56 Å². The van der Waals surface area contributed by atoms with Crippen LogP contribution in [-0.2, 0) is 20.9 Å². The van der Waals surface area contributed by atoms with Crippen LogP contribution in [0.2, 0.25) is 0 Å². The Balaban J connectivity index is 2.21. The van der Waals surface area contributed by atoms with Gasteiger partial charge < -0.3 is 4.98 Å². The summed E-state index contributed by atoms with van der Waals surface area (Å²) in [5.41, 5.74) is 3.10. The van der Waals surface area contributed by atoms with Crippen LogP contribution in [-0.4, -0.2) is 19.7 Å². The highest BCUT2D eigenvalue weighted by Gasteiger charge is 2.04. The SMILES string of the molecule is Cc1cc(-c2ccc(COS(C)(=O)=O)cc2)cc(=O)[nH]1. The summed E-state index contributed by atoms with van der Waals surface area (Å²) < 4.78 is 26.5. The van der Waals surface area contributed by atoms with Gasteiger partial charge in [-0.15, -0.1) is 0 Å². The highest BCUT2D eigenvalue weighted by atomic mass is 32.2. The molecule has 2 aromatic rings. The van der Waals surface area contributed by atoms with Crippen LogP contribution in [0.5, 0.6) is 0 Å². The average Bonchev–Trinajstić information content (AvgIpc) is 2.35. The Morgan fingerprint density at radius 3 is 2.30 bits per heavy atom. The third kappa shape index (κ3) is 4.04. The standard InChI is InChI=1S/C14H15NO4S/c1-10-7-13(8-14(16)15-10)12-5-3-11(4-6-12)9-19-20(2,17)18/h3-8H,9H2,1-2H3,(H,15,16). The van der Waals surface area contributed by atoms with Gasteiger partial charge in [-0.2, -0.15) is 8.42 Å². The van der Waals surface area contributed by atoms with E-state index >= 15 is 0 Å². The lowest BCUT2D eigenvalue weighted by Gasteiger charge is -2.05. The second kappa shape index (κ2) is 5.60. The number of rotatable bonds is 4. The number of nitrogens with one attached hydrogen (secondary N) is 1. The molecule has 106 valence electrons. The molecular formula is C14H15NO4S. The smallest absolute Gasteiger partial charge is 0.264 e. The first-order valence-corrected chi connectivity index (χ1v) is 7.80. The van der Waals surface area contributed by atoms with E-state index in [-0.39, 0.29) is 12.2 Å².